The zero-order valence-electron chi connectivity index (χ0n) is 20.9. The second-order valence-electron chi connectivity index (χ2n) is 9.93. The van der Waals surface area contributed by atoms with Crippen LogP contribution in [0.15, 0.2) is 46.1 Å². The Kier molecular flexibility index (Phi) is 6.78. The summed E-state index contributed by atoms with van der Waals surface area (Å²) in [4.78, 5) is 27.1. The lowest BCUT2D eigenvalue weighted by Gasteiger charge is -2.32. The van der Waals surface area contributed by atoms with Crippen LogP contribution < -0.4 is 36.6 Å². The molecule has 5 N–H and O–H groups in total. The van der Waals surface area contributed by atoms with E-state index >= 15 is 0 Å². The molecule has 3 heterocycles. The Labute approximate surface area is 210 Å². The molecule has 4 rings (SSSR count). The second-order valence-corrected chi connectivity index (χ2v) is 13.9. The molecule has 13 heteroatoms. The number of hydrogen-bond acceptors (Lipinski definition) is 8. The fourth-order valence-corrected chi connectivity index (χ4v) is 6.51. The SMILES string of the molecule is CCOP1(=O)N/C(=c2\c(=O)c3cccn3n(CCC(C)(C)C)c2=O)Nc2ccc(NS(C)(O)O)cc21. The Hall–Kier alpha value is -2.76. The molecule has 0 radical (unpaired) electrons. The van der Waals surface area contributed by atoms with Gasteiger partial charge in [0.1, 0.15) is 16.6 Å². The Morgan fingerprint density at radius 1 is 1.19 bits per heavy atom. The summed E-state index contributed by atoms with van der Waals surface area (Å²) in [5, 5.41) is 5.92. The monoisotopic (exact) mass is 537 g/mol. The van der Waals surface area contributed by atoms with Crippen LogP contribution in [0.5, 0.6) is 0 Å². The fourth-order valence-electron chi connectivity index (χ4n) is 4.03. The summed E-state index contributed by atoms with van der Waals surface area (Å²) in [6.07, 6.45) is 3.60. The Morgan fingerprint density at radius 2 is 1.92 bits per heavy atom. The van der Waals surface area contributed by atoms with Crippen LogP contribution >= 0.6 is 18.3 Å². The number of aryl methyl sites for hydroxylation is 1. The van der Waals surface area contributed by atoms with Gasteiger partial charge in [0, 0.05) is 19.0 Å². The molecule has 196 valence electrons. The van der Waals surface area contributed by atoms with Gasteiger partial charge in [-0.2, -0.15) is 0 Å². The average molecular weight is 538 g/mol. The number of aromatic nitrogens is 2. The summed E-state index contributed by atoms with van der Waals surface area (Å²) in [5.74, 6) is 0.00276. The molecule has 0 amide bonds. The van der Waals surface area contributed by atoms with Crippen LogP contribution in [-0.2, 0) is 15.6 Å². The van der Waals surface area contributed by atoms with Crippen molar-refractivity contribution in [1.29, 1.82) is 0 Å². The van der Waals surface area contributed by atoms with Gasteiger partial charge in [-0.1, -0.05) is 20.8 Å². The first-order chi connectivity index (χ1) is 16.7. The van der Waals surface area contributed by atoms with Gasteiger partial charge in [-0.15, -0.1) is 10.8 Å². The number of hydrogen-bond donors (Lipinski definition) is 5. The van der Waals surface area contributed by atoms with Crippen molar-refractivity contribution in [2.75, 3.05) is 22.9 Å². The third kappa shape index (κ3) is 5.18. The smallest absolute Gasteiger partial charge is 0.327 e. The van der Waals surface area contributed by atoms with Gasteiger partial charge >= 0.3 is 7.52 Å². The van der Waals surface area contributed by atoms with Crippen molar-refractivity contribution < 1.29 is 18.2 Å². The van der Waals surface area contributed by atoms with Gasteiger partial charge in [-0.05, 0) is 49.1 Å². The zero-order chi connectivity index (χ0) is 26.5. The third-order valence-electron chi connectivity index (χ3n) is 5.68. The normalized spacial score (nSPS) is 20.0. The van der Waals surface area contributed by atoms with Gasteiger partial charge in [0.15, 0.2) is 0 Å². The van der Waals surface area contributed by atoms with E-state index in [1.165, 1.54) is 17.0 Å². The summed E-state index contributed by atoms with van der Waals surface area (Å²) in [6, 6.07) is 7.97. The molecule has 2 aromatic heterocycles. The van der Waals surface area contributed by atoms with Crippen molar-refractivity contribution in [3.8, 4) is 0 Å². The molecule has 11 nitrogen and oxygen atoms in total. The molecule has 1 aromatic carbocycles. The van der Waals surface area contributed by atoms with Crippen LogP contribution in [-0.4, -0.2) is 31.2 Å². The molecule has 0 aliphatic carbocycles. The van der Waals surface area contributed by atoms with E-state index in [0.717, 1.165) is 0 Å². The minimum atomic E-state index is -3.80. The van der Waals surface area contributed by atoms with Crippen molar-refractivity contribution in [3.05, 3.63) is 62.3 Å². The number of anilines is 2. The molecule has 36 heavy (non-hydrogen) atoms. The lowest BCUT2D eigenvalue weighted by Crippen LogP contribution is -2.52. The third-order valence-corrected chi connectivity index (χ3v) is 8.44. The minimum absolute atomic E-state index is 0.00276. The molecule has 0 bridgehead atoms. The molecule has 1 aliphatic rings. The quantitative estimate of drug-likeness (QED) is 0.300. The maximum absolute atomic E-state index is 14.0. The molecule has 0 saturated carbocycles. The van der Waals surface area contributed by atoms with Crippen LogP contribution in [0, 0.1) is 5.41 Å². The zero-order valence-corrected chi connectivity index (χ0v) is 22.6. The molecule has 0 spiro atoms. The summed E-state index contributed by atoms with van der Waals surface area (Å²) in [6.45, 7) is 8.37. The highest BCUT2D eigenvalue weighted by Crippen LogP contribution is 2.48. The topological polar surface area (TPSA) is 146 Å². The van der Waals surface area contributed by atoms with E-state index in [9.17, 15) is 23.3 Å². The standard InChI is InChI=1S/C23H32N5O6PS/c1-6-34-35(31)18-14-15(26-36(5,32)33)9-10-16(18)24-21(25-35)19-20(29)17-8-7-12-27(17)28(22(19)30)13-11-23(2,3)4/h7-10,12,14,24,26,32-33H,6,11,13H2,1-5H3,(H,25,31)/b21-19+. The molecule has 0 saturated heterocycles. The highest BCUT2D eigenvalue weighted by Gasteiger charge is 2.35. The minimum Gasteiger partial charge on any atom is -0.340 e. The molecule has 1 atom stereocenters. The highest BCUT2D eigenvalue weighted by molar-refractivity contribution is 8.24. The van der Waals surface area contributed by atoms with Crippen LogP contribution in [0.25, 0.3) is 11.3 Å². The number of fused-ring (bicyclic) bond motifs is 2. The van der Waals surface area contributed by atoms with Gasteiger partial charge < -0.3 is 9.84 Å². The highest BCUT2D eigenvalue weighted by atomic mass is 32.3. The average Bonchev–Trinajstić information content (AvgIpc) is 3.22. The van der Waals surface area contributed by atoms with Gasteiger partial charge in [-0.3, -0.25) is 37.6 Å². The Balaban J connectivity index is 1.94. The Bertz CT molecular complexity index is 1540. The first-order valence-electron chi connectivity index (χ1n) is 11.5. The maximum Gasteiger partial charge on any atom is 0.327 e. The van der Waals surface area contributed by atoms with Crippen LogP contribution in [0.2, 0.25) is 0 Å². The Morgan fingerprint density at radius 3 is 2.56 bits per heavy atom. The van der Waals surface area contributed by atoms with Gasteiger partial charge in [0.2, 0.25) is 5.43 Å². The molecular weight excluding hydrogens is 505 g/mol. The number of benzene rings is 1. The first kappa shape index (κ1) is 26.3. The van der Waals surface area contributed by atoms with E-state index in [1.807, 2.05) is 0 Å². The van der Waals surface area contributed by atoms with Crippen LogP contribution in [0.3, 0.4) is 0 Å². The lowest BCUT2D eigenvalue weighted by atomic mass is 9.92. The van der Waals surface area contributed by atoms with E-state index in [0.29, 0.717) is 29.9 Å². The van der Waals surface area contributed by atoms with Gasteiger partial charge in [0.05, 0.1) is 23.3 Å². The van der Waals surface area contributed by atoms with Crippen molar-refractivity contribution in [2.45, 2.75) is 40.7 Å². The summed E-state index contributed by atoms with van der Waals surface area (Å²) < 4.78 is 44.8. The summed E-state index contributed by atoms with van der Waals surface area (Å²) >= 11 is 0. The molecular formula is C23H32N5O6PS. The van der Waals surface area contributed by atoms with Crippen molar-refractivity contribution in [3.63, 3.8) is 0 Å². The van der Waals surface area contributed by atoms with E-state index in [2.05, 4.69) is 35.9 Å². The molecule has 0 fully saturated rings. The summed E-state index contributed by atoms with van der Waals surface area (Å²) in [5.41, 5.74) is -0.0513. The van der Waals surface area contributed by atoms with Crippen LogP contribution in [0.1, 0.15) is 34.1 Å². The van der Waals surface area contributed by atoms with Crippen molar-refractivity contribution in [2.24, 2.45) is 5.41 Å². The van der Waals surface area contributed by atoms with E-state index in [4.69, 9.17) is 4.52 Å². The number of nitrogens with zero attached hydrogens (tertiary/aromatic N) is 2. The number of nitrogens with one attached hydrogen (secondary N) is 3. The first-order valence-corrected chi connectivity index (χ1v) is 15.0. The van der Waals surface area contributed by atoms with Gasteiger partial charge in [-0.25, -0.2) is 4.68 Å². The van der Waals surface area contributed by atoms with Crippen molar-refractivity contribution in [1.82, 2.24) is 14.3 Å². The molecule has 1 aliphatic heterocycles. The van der Waals surface area contributed by atoms with E-state index in [1.54, 1.807) is 41.9 Å². The van der Waals surface area contributed by atoms with Gasteiger partial charge in [0.25, 0.3) is 5.56 Å². The number of rotatable bonds is 6. The van der Waals surface area contributed by atoms with E-state index < -0.39 is 29.3 Å². The predicted molar refractivity (Wildman–Crippen MR) is 145 cm³/mol. The van der Waals surface area contributed by atoms with Crippen LogP contribution in [0.4, 0.5) is 11.4 Å². The molecule has 3 aromatic rings. The fraction of sp³-hybridized carbons (Fsp3) is 0.391. The lowest BCUT2D eigenvalue weighted by molar-refractivity contribution is 0.331. The predicted octanol–water partition coefficient (Wildman–Crippen LogP) is 2.96. The summed E-state index contributed by atoms with van der Waals surface area (Å²) in [7, 11) is -6.87. The maximum atomic E-state index is 14.0. The molecule has 1 unspecified atom stereocenters. The van der Waals surface area contributed by atoms with Crippen molar-refractivity contribution >= 4 is 46.3 Å². The second kappa shape index (κ2) is 9.28. The van der Waals surface area contributed by atoms with E-state index in [-0.39, 0.29) is 28.4 Å². The largest absolute Gasteiger partial charge is 0.340 e.